The standard InChI is InChI=1S/C37H44N2O7/c1-43-37(42)39-36(35(27-11-4-2-5-12-27)28-13-6-3-7-14-28)33(40)22-29-15-9-8-10-26(29)16-18-31-23-38-30(24-45-31)17-19-34(41)46-32-20-21-44-25-32/h2-15,30-32,35-36,38H,16-25H2,1H3,(H,39,42)/t30-,31-,32?,36-/m1/s1. The minimum atomic E-state index is -0.836. The fourth-order valence-electron chi connectivity index (χ4n) is 6.20. The minimum absolute atomic E-state index is 0.0249. The van der Waals surface area contributed by atoms with Gasteiger partial charge in [-0.25, -0.2) is 4.79 Å². The maximum Gasteiger partial charge on any atom is 0.407 e. The third-order valence-electron chi connectivity index (χ3n) is 8.73. The summed E-state index contributed by atoms with van der Waals surface area (Å²) in [5.74, 6) is -0.684. The van der Waals surface area contributed by atoms with Gasteiger partial charge in [-0.3, -0.25) is 9.59 Å². The number of ether oxygens (including phenoxy) is 4. The maximum atomic E-state index is 14.1. The first-order chi connectivity index (χ1) is 22.5. The Labute approximate surface area is 271 Å². The van der Waals surface area contributed by atoms with E-state index in [0.29, 0.717) is 39.2 Å². The number of carbonyl (C=O) groups is 3. The molecule has 3 aromatic rings. The summed E-state index contributed by atoms with van der Waals surface area (Å²) in [5.41, 5.74) is 3.86. The number of carbonyl (C=O) groups excluding carboxylic acids is 3. The third kappa shape index (κ3) is 9.48. The van der Waals surface area contributed by atoms with Crippen LogP contribution in [0.2, 0.25) is 0 Å². The molecule has 0 saturated carbocycles. The van der Waals surface area contributed by atoms with E-state index in [2.05, 4.69) is 16.7 Å². The number of morpholine rings is 1. The van der Waals surface area contributed by atoms with Crippen LogP contribution < -0.4 is 10.6 Å². The van der Waals surface area contributed by atoms with Crippen molar-refractivity contribution in [2.75, 3.05) is 33.5 Å². The van der Waals surface area contributed by atoms with E-state index < -0.39 is 18.1 Å². The van der Waals surface area contributed by atoms with Gasteiger partial charge in [0, 0.05) is 37.8 Å². The highest BCUT2D eigenvalue weighted by atomic mass is 16.6. The first kappa shape index (κ1) is 33.3. The molecular weight excluding hydrogens is 584 g/mol. The Morgan fingerprint density at radius 3 is 2.17 bits per heavy atom. The molecule has 0 aliphatic carbocycles. The van der Waals surface area contributed by atoms with Crippen LogP contribution in [0.5, 0.6) is 0 Å². The number of aryl methyl sites for hydroxylation is 1. The lowest BCUT2D eigenvalue weighted by molar-refractivity contribution is -0.149. The molecule has 5 rings (SSSR count). The number of amides is 1. The molecule has 1 amide bonds. The Morgan fingerprint density at radius 1 is 0.891 bits per heavy atom. The summed E-state index contributed by atoms with van der Waals surface area (Å²) >= 11 is 0. The molecule has 0 aromatic heterocycles. The van der Waals surface area contributed by atoms with Crippen LogP contribution >= 0.6 is 0 Å². The summed E-state index contributed by atoms with van der Waals surface area (Å²) in [5, 5.41) is 6.37. The highest BCUT2D eigenvalue weighted by molar-refractivity contribution is 5.91. The van der Waals surface area contributed by atoms with Gasteiger partial charge in [0.25, 0.3) is 0 Å². The summed E-state index contributed by atoms with van der Waals surface area (Å²) in [6, 6.07) is 26.7. The molecule has 2 fully saturated rings. The number of rotatable bonds is 14. The molecule has 244 valence electrons. The number of nitrogens with one attached hydrogen (secondary N) is 2. The highest BCUT2D eigenvalue weighted by Gasteiger charge is 2.33. The average Bonchev–Trinajstić information content (AvgIpc) is 3.61. The molecule has 2 aliphatic rings. The van der Waals surface area contributed by atoms with E-state index in [-0.39, 0.29) is 36.4 Å². The summed E-state index contributed by atoms with van der Waals surface area (Å²) in [7, 11) is 1.30. The normalized spacial score (nSPS) is 20.2. The summed E-state index contributed by atoms with van der Waals surface area (Å²) < 4.78 is 21.8. The molecule has 1 unspecified atom stereocenters. The van der Waals surface area contributed by atoms with E-state index in [4.69, 9.17) is 18.9 Å². The second kappa shape index (κ2) is 17.0. The van der Waals surface area contributed by atoms with Crippen molar-refractivity contribution in [1.29, 1.82) is 0 Å². The van der Waals surface area contributed by atoms with Gasteiger partial charge in [0.05, 0.1) is 33.0 Å². The van der Waals surface area contributed by atoms with Crippen LogP contribution in [0.4, 0.5) is 4.79 Å². The smallest absolute Gasteiger partial charge is 0.407 e. The van der Waals surface area contributed by atoms with E-state index in [1.54, 1.807) is 0 Å². The molecule has 2 heterocycles. The van der Waals surface area contributed by atoms with Crippen LogP contribution in [0, 0.1) is 0 Å². The monoisotopic (exact) mass is 628 g/mol. The molecule has 9 heteroatoms. The van der Waals surface area contributed by atoms with Crippen molar-refractivity contribution < 1.29 is 33.3 Å². The van der Waals surface area contributed by atoms with Gasteiger partial charge >= 0.3 is 12.1 Å². The van der Waals surface area contributed by atoms with E-state index in [0.717, 1.165) is 41.5 Å². The predicted molar refractivity (Wildman–Crippen MR) is 174 cm³/mol. The zero-order valence-corrected chi connectivity index (χ0v) is 26.4. The first-order valence-corrected chi connectivity index (χ1v) is 16.2. The van der Waals surface area contributed by atoms with Crippen molar-refractivity contribution in [2.24, 2.45) is 0 Å². The van der Waals surface area contributed by atoms with Crippen molar-refractivity contribution in [3.63, 3.8) is 0 Å². The van der Waals surface area contributed by atoms with Crippen LogP contribution in [0.25, 0.3) is 0 Å². The zero-order chi connectivity index (χ0) is 32.1. The van der Waals surface area contributed by atoms with Crippen LogP contribution in [-0.2, 0) is 41.4 Å². The number of esters is 1. The largest absolute Gasteiger partial charge is 0.460 e. The van der Waals surface area contributed by atoms with E-state index in [9.17, 15) is 14.4 Å². The number of benzene rings is 3. The van der Waals surface area contributed by atoms with Gasteiger partial charge in [-0.05, 0) is 41.5 Å². The van der Waals surface area contributed by atoms with E-state index in [1.807, 2.05) is 78.9 Å². The fourth-order valence-corrected chi connectivity index (χ4v) is 6.20. The Morgan fingerprint density at radius 2 is 1.57 bits per heavy atom. The Hall–Kier alpha value is -4.05. The van der Waals surface area contributed by atoms with Crippen molar-refractivity contribution in [3.05, 3.63) is 107 Å². The highest BCUT2D eigenvalue weighted by Crippen LogP contribution is 2.30. The molecule has 2 aliphatic heterocycles. The van der Waals surface area contributed by atoms with Gasteiger partial charge in [0.15, 0.2) is 5.78 Å². The topological polar surface area (TPSA) is 112 Å². The third-order valence-corrected chi connectivity index (χ3v) is 8.73. The minimum Gasteiger partial charge on any atom is -0.460 e. The molecular formula is C37H44N2O7. The Bertz CT molecular complexity index is 1360. The lowest BCUT2D eigenvalue weighted by Gasteiger charge is -2.30. The molecule has 0 spiro atoms. The number of hydrogen-bond acceptors (Lipinski definition) is 8. The SMILES string of the molecule is COC(=O)N[C@H](C(=O)Cc1ccccc1CC[C@@H]1CN[C@H](CCC(=O)OC2CCOC2)CO1)C(c1ccccc1)c1ccccc1. The Balaban J connectivity index is 1.19. The molecule has 46 heavy (non-hydrogen) atoms. The second-order valence-electron chi connectivity index (χ2n) is 11.9. The lowest BCUT2D eigenvalue weighted by atomic mass is 9.81. The molecule has 0 bridgehead atoms. The number of methoxy groups -OCH3 is 1. The summed E-state index contributed by atoms with van der Waals surface area (Å²) in [6.45, 7) is 2.36. The fraction of sp³-hybridized carbons (Fsp3) is 0.432. The quantitative estimate of drug-likeness (QED) is 0.246. The molecule has 0 radical (unpaired) electrons. The van der Waals surface area contributed by atoms with Crippen molar-refractivity contribution in [1.82, 2.24) is 10.6 Å². The molecule has 2 saturated heterocycles. The van der Waals surface area contributed by atoms with Gasteiger partial charge < -0.3 is 29.6 Å². The number of Topliss-reactive ketones (excluding diaryl/α,β-unsaturated/α-hetero) is 1. The average molecular weight is 629 g/mol. The van der Waals surface area contributed by atoms with Gasteiger partial charge in [0.1, 0.15) is 12.1 Å². The van der Waals surface area contributed by atoms with Crippen LogP contribution in [0.15, 0.2) is 84.9 Å². The lowest BCUT2D eigenvalue weighted by Crippen LogP contribution is -2.46. The summed E-state index contributed by atoms with van der Waals surface area (Å²) in [6.07, 6.45) is 2.73. The van der Waals surface area contributed by atoms with E-state index in [1.165, 1.54) is 7.11 Å². The molecule has 9 nitrogen and oxygen atoms in total. The second-order valence-corrected chi connectivity index (χ2v) is 11.9. The van der Waals surface area contributed by atoms with Gasteiger partial charge in [-0.2, -0.15) is 0 Å². The van der Waals surface area contributed by atoms with Crippen molar-refractivity contribution >= 4 is 17.8 Å². The van der Waals surface area contributed by atoms with Crippen molar-refractivity contribution in [2.45, 2.75) is 68.7 Å². The zero-order valence-electron chi connectivity index (χ0n) is 26.4. The number of ketones is 1. The number of hydrogen-bond donors (Lipinski definition) is 2. The van der Waals surface area contributed by atoms with Gasteiger partial charge in [-0.15, -0.1) is 0 Å². The molecule has 2 N–H and O–H groups in total. The maximum absolute atomic E-state index is 14.1. The van der Waals surface area contributed by atoms with Gasteiger partial charge in [0.2, 0.25) is 0 Å². The van der Waals surface area contributed by atoms with Crippen LogP contribution in [0.3, 0.4) is 0 Å². The first-order valence-electron chi connectivity index (χ1n) is 16.2. The van der Waals surface area contributed by atoms with E-state index >= 15 is 0 Å². The molecule has 3 aromatic carbocycles. The summed E-state index contributed by atoms with van der Waals surface area (Å²) in [4.78, 5) is 38.8. The molecule has 4 atom stereocenters. The van der Waals surface area contributed by atoms with Crippen LogP contribution in [0.1, 0.15) is 53.9 Å². The predicted octanol–water partition coefficient (Wildman–Crippen LogP) is 4.76. The Kier molecular flexibility index (Phi) is 12.3. The van der Waals surface area contributed by atoms with Crippen molar-refractivity contribution in [3.8, 4) is 0 Å². The number of alkyl carbamates (subject to hydrolysis) is 1. The van der Waals surface area contributed by atoms with Gasteiger partial charge in [-0.1, -0.05) is 84.9 Å². The van der Waals surface area contributed by atoms with Crippen LogP contribution in [-0.4, -0.2) is 75.6 Å².